The number of rotatable bonds is 7. The Bertz CT molecular complexity index is 427. The summed E-state index contributed by atoms with van der Waals surface area (Å²) in [6.45, 7) is 1.52. The number of thiazole rings is 1. The highest BCUT2D eigenvalue weighted by molar-refractivity contribution is 8.07. The largest absolute Gasteiger partial charge is 0.396 e. The van der Waals surface area contributed by atoms with E-state index in [2.05, 4.69) is 4.98 Å². The van der Waals surface area contributed by atoms with Crippen LogP contribution in [0.15, 0.2) is 5.38 Å². The van der Waals surface area contributed by atoms with E-state index in [1.54, 1.807) is 13.8 Å². The van der Waals surface area contributed by atoms with Crippen LogP contribution in [0.2, 0.25) is 0 Å². The van der Waals surface area contributed by atoms with Crippen molar-refractivity contribution in [3.63, 3.8) is 0 Å². The minimum absolute atomic E-state index is 0.138. The van der Waals surface area contributed by atoms with Gasteiger partial charge in [0.15, 0.2) is 0 Å². The molecule has 0 spiro atoms. The van der Waals surface area contributed by atoms with E-state index in [0.29, 0.717) is 13.2 Å². The first-order valence-corrected chi connectivity index (χ1v) is 8.28. The minimum Gasteiger partial charge on any atom is -0.396 e. The lowest BCUT2D eigenvalue weighted by Gasteiger charge is -2.18. The van der Waals surface area contributed by atoms with Crippen molar-refractivity contribution < 1.29 is 18.4 Å². The summed E-state index contributed by atoms with van der Waals surface area (Å²) < 4.78 is 15.9. The highest BCUT2D eigenvalue weighted by Gasteiger charge is 2.23. The van der Waals surface area contributed by atoms with E-state index >= 15 is 0 Å². The first-order chi connectivity index (χ1) is 8.00. The molecule has 0 aliphatic heterocycles. The molecule has 0 aromatic carbocycles. The minimum atomic E-state index is -2.83. The van der Waals surface area contributed by atoms with Crippen LogP contribution in [0.1, 0.15) is 24.3 Å². The molecule has 1 aromatic rings. The van der Waals surface area contributed by atoms with Gasteiger partial charge in [0, 0.05) is 17.2 Å². The number of primary amides is 1. The van der Waals surface area contributed by atoms with Gasteiger partial charge in [-0.1, -0.05) is 11.3 Å². The lowest BCUT2D eigenvalue weighted by atomic mass is 10.5. The predicted octanol–water partition coefficient (Wildman–Crippen LogP) is 1.92. The second-order valence-corrected chi connectivity index (χ2v) is 6.49. The molecule has 96 valence electrons. The Morgan fingerprint density at radius 3 is 2.53 bits per heavy atom. The second kappa shape index (κ2) is 6.42. The fourth-order valence-corrected chi connectivity index (χ4v) is 3.94. The van der Waals surface area contributed by atoms with Gasteiger partial charge in [-0.15, -0.1) is 0 Å². The molecule has 0 saturated carbocycles. The summed E-state index contributed by atoms with van der Waals surface area (Å²) in [5.41, 5.74) is 5.22. The van der Waals surface area contributed by atoms with E-state index in [9.17, 15) is 4.79 Å². The maximum absolute atomic E-state index is 10.9. The fourth-order valence-electron chi connectivity index (χ4n) is 0.914. The monoisotopic (exact) mass is 296 g/mol. The Hall–Kier alpha value is -0.530. The number of nitrogens with zero attached hydrogens (tertiary/aromatic N) is 1. The van der Waals surface area contributed by atoms with Crippen LogP contribution in [-0.4, -0.2) is 24.1 Å². The Balaban J connectivity index is 2.78. The normalized spacial score (nSPS) is 11.4. The maximum atomic E-state index is 10.9. The third-order valence-electron chi connectivity index (χ3n) is 1.50. The van der Waals surface area contributed by atoms with E-state index in [1.165, 1.54) is 5.38 Å². The molecule has 9 heteroatoms. The molecule has 0 atom stereocenters. The smallest absolute Gasteiger partial charge is 0.382 e. The number of hydrogen-bond donors (Lipinski definition) is 1. The molecule has 0 unspecified atom stereocenters. The standard InChI is InChI=1S/C8H13N2O4PS2/c1-3-12-15(16,13-4-2)14-8-10-6(5-17-8)7(9)11/h5H,3-4H2,1-2H3,(H2,9,11). The van der Waals surface area contributed by atoms with Crippen LogP contribution < -0.4 is 10.3 Å². The SMILES string of the molecule is CCOP(=S)(OCC)Oc1nc(C(N)=O)cs1. The van der Waals surface area contributed by atoms with Crippen LogP contribution in [-0.2, 0) is 20.9 Å². The zero-order valence-electron chi connectivity index (χ0n) is 9.41. The van der Waals surface area contributed by atoms with Crippen molar-refractivity contribution in [3.8, 4) is 5.19 Å². The summed E-state index contributed by atoms with van der Waals surface area (Å²) in [5.74, 6) is -0.614. The van der Waals surface area contributed by atoms with Crippen LogP contribution in [0, 0.1) is 0 Å². The van der Waals surface area contributed by atoms with Gasteiger partial charge in [-0.05, 0) is 13.8 Å². The molecule has 1 heterocycles. The summed E-state index contributed by atoms with van der Waals surface area (Å²) in [4.78, 5) is 14.7. The van der Waals surface area contributed by atoms with Gasteiger partial charge in [-0.2, -0.15) is 4.98 Å². The fraction of sp³-hybridized carbons (Fsp3) is 0.500. The zero-order valence-corrected chi connectivity index (χ0v) is 11.9. The Morgan fingerprint density at radius 1 is 1.53 bits per heavy atom. The van der Waals surface area contributed by atoms with Crippen LogP contribution in [0.3, 0.4) is 0 Å². The third-order valence-corrected chi connectivity index (χ3v) is 4.74. The number of hydrogen-bond acceptors (Lipinski definition) is 7. The molecule has 0 radical (unpaired) electrons. The van der Waals surface area contributed by atoms with E-state index in [0.717, 1.165) is 11.3 Å². The lowest BCUT2D eigenvalue weighted by Crippen LogP contribution is -2.11. The summed E-state index contributed by atoms with van der Waals surface area (Å²) in [6, 6.07) is 0. The number of amides is 1. The molecule has 2 N–H and O–H groups in total. The highest BCUT2D eigenvalue weighted by Crippen LogP contribution is 2.50. The van der Waals surface area contributed by atoms with Gasteiger partial charge < -0.3 is 10.3 Å². The predicted molar refractivity (Wildman–Crippen MR) is 68.8 cm³/mol. The molecular weight excluding hydrogens is 283 g/mol. The molecule has 6 nitrogen and oxygen atoms in total. The van der Waals surface area contributed by atoms with Crippen molar-refractivity contribution in [2.75, 3.05) is 13.2 Å². The van der Waals surface area contributed by atoms with Crippen LogP contribution in [0.4, 0.5) is 0 Å². The maximum Gasteiger partial charge on any atom is 0.382 e. The first-order valence-electron chi connectivity index (χ1n) is 4.84. The lowest BCUT2D eigenvalue weighted by molar-refractivity contribution is 0.0995. The van der Waals surface area contributed by atoms with E-state index < -0.39 is 12.6 Å². The van der Waals surface area contributed by atoms with E-state index in [-0.39, 0.29) is 10.9 Å². The van der Waals surface area contributed by atoms with Gasteiger partial charge in [0.25, 0.3) is 11.1 Å². The molecular formula is C8H13N2O4PS2. The molecule has 17 heavy (non-hydrogen) atoms. The van der Waals surface area contributed by atoms with Crippen molar-refractivity contribution in [1.82, 2.24) is 4.98 Å². The van der Waals surface area contributed by atoms with E-state index in [1.807, 2.05) is 0 Å². The second-order valence-electron chi connectivity index (χ2n) is 2.74. The number of carbonyl (C=O) groups is 1. The molecule has 1 amide bonds. The van der Waals surface area contributed by atoms with Crippen molar-refractivity contribution in [1.29, 1.82) is 0 Å². The van der Waals surface area contributed by atoms with Gasteiger partial charge >= 0.3 is 6.72 Å². The zero-order chi connectivity index (χ0) is 12.9. The summed E-state index contributed by atoms with van der Waals surface area (Å²) in [7, 11) is 0. The number of aromatic nitrogens is 1. The topological polar surface area (TPSA) is 83.7 Å². The first kappa shape index (κ1) is 14.5. The van der Waals surface area contributed by atoms with Crippen molar-refractivity contribution in [2.45, 2.75) is 13.8 Å². The third kappa shape index (κ3) is 4.33. The Morgan fingerprint density at radius 2 is 2.12 bits per heavy atom. The van der Waals surface area contributed by atoms with Crippen molar-refractivity contribution in [2.24, 2.45) is 5.73 Å². The van der Waals surface area contributed by atoms with E-state index in [4.69, 9.17) is 31.1 Å². The van der Waals surface area contributed by atoms with Gasteiger partial charge in [0.05, 0.1) is 13.2 Å². The summed E-state index contributed by atoms with van der Waals surface area (Å²) >= 11 is 6.28. The highest BCUT2D eigenvalue weighted by atomic mass is 32.5. The molecule has 0 saturated heterocycles. The van der Waals surface area contributed by atoms with Crippen molar-refractivity contribution in [3.05, 3.63) is 11.1 Å². The molecule has 0 fully saturated rings. The van der Waals surface area contributed by atoms with Crippen LogP contribution >= 0.6 is 18.1 Å². The van der Waals surface area contributed by atoms with Crippen molar-refractivity contribution >= 4 is 35.8 Å². The number of carbonyl (C=O) groups excluding carboxylic acids is 1. The quantitative estimate of drug-likeness (QED) is 0.774. The summed E-state index contributed by atoms with van der Waals surface area (Å²) in [6.07, 6.45) is 0. The van der Waals surface area contributed by atoms with Crippen LogP contribution in [0.5, 0.6) is 5.19 Å². The molecule has 1 aromatic heterocycles. The molecule has 0 aliphatic carbocycles. The molecule has 0 aliphatic rings. The van der Waals surface area contributed by atoms with Gasteiger partial charge in [-0.3, -0.25) is 13.8 Å². The van der Waals surface area contributed by atoms with Gasteiger partial charge in [0.2, 0.25) is 0 Å². The van der Waals surface area contributed by atoms with Gasteiger partial charge in [-0.25, -0.2) is 0 Å². The average molecular weight is 296 g/mol. The van der Waals surface area contributed by atoms with Crippen LogP contribution in [0.25, 0.3) is 0 Å². The molecule has 0 bridgehead atoms. The Labute approximate surface area is 108 Å². The van der Waals surface area contributed by atoms with Gasteiger partial charge in [0.1, 0.15) is 5.69 Å². The summed E-state index contributed by atoms with van der Waals surface area (Å²) in [5, 5.41) is 1.72. The molecule has 1 rings (SSSR count). The number of nitrogens with two attached hydrogens (primary N) is 1. The average Bonchev–Trinajstić information content (AvgIpc) is 2.66. The Kier molecular flexibility index (Phi) is 5.48.